The van der Waals surface area contributed by atoms with E-state index in [-0.39, 0.29) is 11.6 Å². The minimum Gasteiger partial charge on any atom is -0.508 e. The Morgan fingerprint density at radius 3 is 2.42 bits per heavy atom. The fourth-order valence-corrected chi connectivity index (χ4v) is 2.67. The number of aromatic hydroxyl groups is 2. The summed E-state index contributed by atoms with van der Waals surface area (Å²) in [6.45, 7) is 0. The Morgan fingerprint density at radius 1 is 0.917 bits per heavy atom. The molecule has 2 aromatic heterocycles. The second kappa shape index (κ2) is 5.70. The molecule has 0 aliphatic rings. The van der Waals surface area contributed by atoms with Gasteiger partial charge in [-0.1, -0.05) is 42.5 Å². The molecule has 5 heteroatoms. The number of hydrogen-bond donors (Lipinski definition) is 2. The maximum atomic E-state index is 10.5. The SMILES string of the molecule is Oc1ccc(Cc2nc3cnc(-c4ccccc4)cn3c2O)cc1. The van der Waals surface area contributed by atoms with Crippen LogP contribution in [0.15, 0.2) is 67.0 Å². The maximum Gasteiger partial charge on any atom is 0.219 e. The Hall–Kier alpha value is -3.34. The molecule has 0 saturated heterocycles. The van der Waals surface area contributed by atoms with Gasteiger partial charge in [0.25, 0.3) is 0 Å². The first kappa shape index (κ1) is 14.3. The van der Waals surface area contributed by atoms with Crippen molar-refractivity contribution < 1.29 is 10.2 Å². The smallest absolute Gasteiger partial charge is 0.219 e. The number of aromatic nitrogens is 3. The molecule has 4 aromatic rings. The molecule has 24 heavy (non-hydrogen) atoms. The second-order valence-electron chi connectivity index (χ2n) is 5.59. The summed E-state index contributed by atoms with van der Waals surface area (Å²) in [5.41, 5.74) is 3.89. The van der Waals surface area contributed by atoms with Gasteiger partial charge in [0, 0.05) is 18.2 Å². The molecule has 0 spiro atoms. The van der Waals surface area contributed by atoms with Crippen LogP contribution in [0.25, 0.3) is 16.9 Å². The first-order valence-corrected chi connectivity index (χ1v) is 7.60. The molecule has 0 unspecified atom stereocenters. The number of phenols is 1. The predicted molar refractivity (Wildman–Crippen MR) is 91.0 cm³/mol. The van der Waals surface area contributed by atoms with Gasteiger partial charge in [-0.2, -0.15) is 0 Å². The van der Waals surface area contributed by atoms with Crippen LogP contribution in [-0.4, -0.2) is 24.6 Å². The minimum atomic E-state index is 0.109. The lowest BCUT2D eigenvalue weighted by Crippen LogP contribution is -1.90. The van der Waals surface area contributed by atoms with Crippen LogP contribution < -0.4 is 0 Å². The Bertz CT molecular complexity index is 992. The molecule has 0 atom stereocenters. The van der Waals surface area contributed by atoms with E-state index in [1.54, 1.807) is 28.9 Å². The van der Waals surface area contributed by atoms with E-state index in [1.807, 2.05) is 42.5 Å². The average Bonchev–Trinajstić information content (AvgIpc) is 2.93. The van der Waals surface area contributed by atoms with E-state index < -0.39 is 0 Å². The molecule has 0 amide bonds. The van der Waals surface area contributed by atoms with Crippen LogP contribution in [-0.2, 0) is 6.42 Å². The van der Waals surface area contributed by atoms with Gasteiger partial charge in [-0.15, -0.1) is 0 Å². The maximum absolute atomic E-state index is 10.5. The predicted octanol–water partition coefficient (Wildman–Crippen LogP) is 3.40. The normalized spacial score (nSPS) is 11.0. The topological polar surface area (TPSA) is 70.7 Å². The fraction of sp³-hybridized carbons (Fsp3) is 0.0526. The van der Waals surface area contributed by atoms with Gasteiger partial charge in [0.2, 0.25) is 5.88 Å². The van der Waals surface area contributed by atoms with Crippen LogP contribution in [0, 0.1) is 0 Å². The van der Waals surface area contributed by atoms with Crippen molar-refractivity contribution in [3.8, 4) is 22.9 Å². The number of nitrogens with zero attached hydrogens (tertiary/aromatic N) is 3. The van der Waals surface area contributed by atoms with Gasteiger partial charge in [0.15, 0.2) is 5.65 Å². The highest BCUT2D eigenvalue weighted by Gasteiger charge is 2.13. The average molecular weight is 317 g/mol. The quantitative estimate of drug-likeness (QED) is 0.607. The molecule has 2 N–H and O–H groups in total. The third kappa shape index (κ3) is 2.56. The van der Waals surface area contributed by atoms with Crippen LogP contribution in [0.2, 0.25) is 0 Å². The third-order valence-electron chi connectivity index (χ3n) is 3.93. The molecular weight excluding hydrogens is 302 g/mol. The lowest BCUT2D eigenvalue weighted by Gasteiger charge is -2.02. The van der Waals surface area contributed by atoms with Crippen LogP contribution in [0.1, 0.15) is 11.3 Å². The highest BCUT2D eigenvalue weighted by Crippen LogP contribution is 2.25. The summed E-state index contributed by atoms with van der Waals surface area (Å²) in [7, 11) is 0. The van der Waals surface area contributed by atoms with E-state index in [0.717, 1.165) is 16.8 Å². The van der Waals surface area contributed by atoms with E-state index >= 15 is 0 Å². The minimum absolute atomic E-state index is 0.109. The molecule has 4 rings (SSSR count). The molecule has 0 aliphatic carbocycles. The zero-order valence-corrected chi connectivity index (χ0v) is 12.8. The van der Waals surface area contributed by atoms with E-state index in [0.29, 0.717) is 17.8 Å². The number of rotatable bonds is 3. The monoisotopic (exact) mass is 317 g/mol. The van der Waals surface area contributed by atoms with Crippen molar-refractivity contribution in [3.63, 3.8) is 0 Å². The summed E-state index contributed by atoms with van der Waals surface area (Å²) in [4.78, 5) is 8.88. The van der Waals surface area contributed by atoms with Crippen molar-refractivity contribution in [1.82, 2.24) is 14.4 Å². The number of fused-ring (bicyclic) bond motifs is 1. The molecule has 0 fully saturated rings. The fourth-order valence-electron chi connectivity index (χ4n) is 2.67. The number of imidazole rings is 1. The van der Waals surface area contributed by atoms with Crippen LogP contribution in [0.4, 0.5) is 0 Å². The highest BCUT2D eigenvalue weighted by atomic mass is 16.3. The van der Waals surface area contributed by atoms with Crippen molar-refractivity contribution in [1.29, 1.82) is 0 Å². The molecule has 0 bridgehead atoms. The highest BCUT2D eigenvalue weighted by molar-refractivity contribution is 5.60. The Kier molecular flexibility index (Phi) is 3.39. The summed E-state index contributed by atoms with van der Waals surface area (Å²) < 4.78 is 1.64. The van der Waals surface area contributed by atoms with E-state index in [4.69, 9.17) is 0 Å². The van der Waals surface area contributed by atoms with Gasteiger partial charge < -0.3 is 10.2 Å². The van der Waals surface area contributed by atoms with Gasteiger partial charge in [-0.05, 0) is 17.7 Å². The molecule has 118 valence electrons. The molecule has 0 saturated carbocycles. The van der Waals surface area contributed by atoms with Crippen molar-refractivity contribution >= 4 is 5.65 Å². The first-order chi connectivity index (χ1) is 11.7. The Labute approximate surface area is 138 Å². The van der Waals surface area contributed by atoms with Gasteiger partial charge in [0.1, 0.15) is 11.4 Å². The molecule has 0 aliphatic heterocycles. The van der Waals surface area contributed by atoms with Crippen molar-refractivity contribution in [3.05, 3.63) is 78.2 Å². The Balaban J connectivity index is 1.73. The summed E-state index contributed by atoms with van der Waals surface area (Å²) in [6.07, 6.45) is 3.92. The number of benzene rings is 2. The van der Waals surface area contributed by atoms with Gasteiger partial charge in [-0.3, -0.25) is 9.38 Å². The molecule has 2 aromatic carbocycles. The van der Waals surface area contributed by atoms with Crippen molar-refractivity contribution in [2.75, 3.05) is 0 Å². The zero-order chi connectivity index (χ0) is 16.5. The molecule has 0 radical (unpaired) electrons. The van der Waals surface area contributed by atoms with Gasteiger partial charge >= 0.3 is 0 Å². The molecule has 2 heterocycles. The third-order valence-corrected chi connectivity index (χ3v) is 3.93. The molecular formula is C19H15N3O2. The lowest BCUT2D eigenvalue weighted by atomic mass is 10.1. The van der Waals surface area contributed by atoms with Crippen LogP contribution >= 0.6 is 0 Å². The Morgan fingerprint density at radius 2 is 1.67 bits per heavy atom. The van der Waals surface area contributed by atoms with Crippen LogP contribution in [0.3, 0.4) is 0 Å². The standard InChI is InChI=1S/C19H15N3O2/c23-15-8-6-13(7-9-15)10-16-19(24)22-12-17(20-11-18(22)21-16)14-4-2-1-3-5-14/h1-9,11-12,23-24H,10H2. The summed E-state index contributed by atoms with van der Waals surface area (Å²) in [5, 5.41) is 19.9. The largest absolute Gasteiger partial charge is 0.508 e. The van der Waals surface area contributed by atoms with Gasteiger partial charge in [-0.25, -0.2) is 4.98 Å². The summed E-state index contributed by atoms with van der Waals surface area (Å²) in [6, 6.07) is 16.7. The molecule has 5 nitrogen and oxygen atoms in total. The second-order valence-corrected chi connectivity index (χ2v) is 5.59. The number of hydrogen-bond acceptors (Lipinski definition) is 4. The van der Waals surface area contributed by atoms with Crippen LogP contribution in [0.5, 0.6) is 11.6 Å². The van der Waals surface area contributed by atoms with E-state index in [9.17, 15) is 10.2 Å². The van der Waals surface area contributed by atoms with Crippen molar-refractivity contribution in [2.45, 2.75) is 6.42 Å². The zero-order valence-electron chi connectivity index (χ0n) is 12.8. The number of phenolic OH excluding ortho intramolecular Hbond substituents is 1. The van der Waals surface area contributed by atoms with E-state index in [1.165, 1.54) is 0 Å². The van der Waals surface area contributed by atoms with E-state index in [2.05, 4.69) is 9.97 Å². The first-order valence-electron chi connectivity index (χ1n) is 7.60. The van der Waals surface area contributed by atoms with Crippen molar-refractivity contribution in [2.24, 2.45) is 0 Å². The lowest BCUT2D eigenvalue weighted by molar-refractivity contribution is 0.442. The van der Waals surface area contributed by atoms with Gasteiger partial charge in [0.05, 0.1) is 11.9 Å². The summed E-state index contributed by atoms with van der Waals surface area (Å²) in [5.74, 6) is 0.326. The summed E-state index contributed by atoms with van der Waals surface area (Å²) >= 11 is 0.